The highest BCUT2D eigenvalue weighted by molar-refractivity contribution is 5.66. The van der Waals surface area contributed by atoms with E-state index in [1.807, 2.05) is 0 Å². The fourth-order valence-corrected chi connectivity index (χ4v) is 2.93. The molecule has 0 saturated heterocycles. The van der Waals surface area contributed by atoms with Crippen molar-refractivity contribution in [2.45, 2.75) is 6.18 Å². The molecule has 0 bridgehead atoms. The number of halogens is 3. The number of imidazole rings is 1. The summed E-state index contributed by atoms with van der Waals surface area (Å²) in [6.07, 6.45) is 0.478. The van der Waals surface area contributed by atoms with Gasteiger partial charge in [-0.15, -0.1) is 0 Å². The molecular formula is C20H18F3N7. The van der Waals surface area contributed by atoms with Gasteiger partial charge < -0.3 is 16.4 Å². The summed E-state index contributed by atoms with van der Waals surface area (Å²) >= 11 is 0. The van der Waals surface area contributed by atoms with Crippen molar-refractivity contribution in [3.05, 3.63) is 66.6 Å². The van der Waals surface area contributed by atoms with Crippen LogP contribution in [0.2, 0.25) is 0 Å². The molecule has 0 aliphatic heterocycles. The molecule has 0 saturated carbocycles. The zero-order valence-corrected chi connectivity index (χ0v) is 15.7. The maximum Gasteiger partial charge on any atom is 0.416 e. The number of nitrogens with one attached hydrogen (secondary N) is 2. The number of hydrogen-bond acceptors (Lipinski definition) is 6. The van der Waals surface area contributed by atoms with E-state index in [4.69, 9.17) is 5.73 Å². The lowest BCUT2D eigenvalue weighted by Crippen LogP contribution is -2.17. The lowest BCUT2D eigenvalue weighted by atomic mass is 10.1. The number of pyridine rings is 1. The second-order valence-electron chi connectivity index (χ2n) is 6.53. The zero-order valence-electron chi connectivity index (χ0n) is 15.7. The molecule has 154 valence electrons. The molecule has 0 fully saturated rings. The molecule has 3 heterocycles. The molecule has 30 heavy (non-hydrogen) atoms. The highest BCUT2D eigenvalue weighted by Gasteiger charge is 2.30. The second kappa shape index (κ2) is 7.90. The SMILES string of the molecule is Nc1ccc(NCCNc2nc(-c3cccc(C(F)(F)F)c3)cc3nccn23)nc1. The average molecular weight is 413 g/mol. The van der Waals surface area contributed by atoms with E-state index in [1.165, 1.54) is 6.07 Å². The maximum absolute atomic E-state index is 13.1. The van der Waals surface area contributed by atoms with Crippen molar-refractivity contribution in [1.82, 2.24) is 19.4 Å². The van der Waals surface area contributed by atoms with E-state index < -0.39 is 11.7 Å². The molecular weight excluding hydrogens is 395 g/mol. The Kier molecular flexibility index (Phi) is 5.13. The van der Waals surface area contributed by atoms with Gasteiger partial charge in [0, 0.05) is 37.1 Å². The summed E-state index contributed by atoms with van der Waals surface area (Å²) in [6, 6.07) is 10.2. The number of benzene rings is 1. The van der Waals surface area contributed by atoms with Gasteiger partial charge >= 0.3 is 6.18 Å². The Labute approximate surface area is 169 Å². The normalized spacial score (nSPS) is 11.6. The summed E-state index contributed by atoms with van der Waals surface area (Å²) < 4.78 is 40.9. The van der Waals surface area contributed by atoms with Crippen molar-refractivity contribution in [2.75, 3.05) is 29.5 Å². The minimum absolute atomic E-state index is 0.363. The highest BCUT2D eigenvalue weighted by atomic mass is 19.4. The van der Waals surface area contributed by atoms with E-state index in [0.717, 1.165) is 12.1 Å². The first-order chi connectivity index (χ1) is 14.4. The first-order valence-electron chi connectivity index (χ1n) is 9.11. The van der Waals surface area contributed by atoms with Gasteiger partial charge in [0.2, 0.25) is 5.95 Å². The largest absolute Gasteiger partial charge is 0.416 e. The van der Waals surface area contributed by atoms with Crippen molar-refractivity contribution in [3.63, 3.8) is 0 Å². The minimum atomic E-state index is -4.42. The van der Waals surface area contributed by atoms with E-state index in [0.29, 0.717) is 47.4 Å². The van der Waals surface area contributed by atoms with Crippen LogP contribution < -0.4 is 16.4 Å². The Morgan fingerprint density at radius 3 is 2.60 bits per heavy atom. The third kappa shape index (κ3) is 4.27. The summed E-state index contributed by atoms with van der Waals surface area (Å²) in [6.45, 7) is 1.04. The van der Waals surface area contributed by atoms with E-state index in [2.05, 4.69) is 25.6 Å². The molecule has 10 heteroatoms. The number of nitrogen functional groups attached to an aromatic ring is 1. The molecule has 0 aliphatic rings. The third-order valence-corrected chi connectivity index (χ3v) is 4.38. The molecule has 0 amide bonds. The quantitative estimate of drug-likeness (QED) is 0.415. The van der Waals surface area contributed by atoms with E-state index in [9.17, 15) is 13.2 Å². The van der Waals surface area contributed by atoms with Crippen LogP contribution in [0.5, 0.6) is 0 Å². The number of aromatic nitrogens is 4. The summed E-state index contributed by atoms with van der Waals surface area (Å²) in [7, 11) is 0. The number of anilines is 3. The highest BCUT2D eigenvalue weighted by Crippen LogP contribution is 2.32. The molecule has 0 atom stereocenters. The van der Waals surface area contributed by atoms with Crippen LogP contribution in [0.4, 0.5) is 30.6 Å². The van der Waals surface area contributed by atoms with Gasteiger partial charge in [0.15, 0.2) is 0 Å². The number of hydrogen-bond donors (Lipinski definition) is 3. The smallest absolute Gasteiger partial charge is 0.397 e. The zero-order chi connectivity index (χ0) is 21.1. The number of nitrogens with two attached hydrogens (primary N) is 1. The lowest BCUT2D eigenvalue weighted by molar-refractivity contribution is -0.137. The van der Waals surface area contributed by atoms with Gasteiger partial charge in [0.05, 0.1) is 23.1 Å². The lowest BCUT2D eigenvalue weighted by Gasteiger charge is -2.12. The molecule has 0 aliphatic carbocycles. The molecule has 1 aromatic carbocycles. The first kappa shape index (κ1) is 19.5. The van der Waals surface area contributed by atoms with Gasteiger partial charge in [0.25, 0.3) is 0 Å². The van der Waals surface area contributed by atoms with Crippen LogP contribution in [0.1, 0.15) is 5.56 Å². The fourth-order valence-electron chi connectivity index (χ4n) is 2.93. The third-order valence-electron chi connectivity index (χ3n) is 4.38. The second-order valence-corrected chi connectivity index (χ2v) is 6.53. The first-order valence-corrected chi connectivity index (χ1v) is 9.11. The topological polar surface area (TPSA) is 93.2 Å². The average Bonchev–Trinajstić information content (AvgIpc) is 3.21. The Hall–Kier alpha value is -3.82. The van der Waals surface area contributed by atoms with E-state index >= 15 is 0 Å². The molecule has 4 rings (SSSR count). The van der Waals surface area contributed by atoms with Gasteiger partial charge in [-0.25, -0.2) is 15.0 Å². The Bertz CT molecular complexity index is 1150. The van der Waals surface area contributed by atoms with Gasteiger partial charge in [-0.3, -0.25) is 4.40 Å². The summed E-state index contributed by atoms with van der Waals surface area (Å²) in [5.74, 6) is 1.16. The van der Waals surface area contributed by atoms with Crippen molar-refractivity contribution >= 4 is 23.1 Å². The molecule has 4 aromatic rings. The number of nitrogens with zero attached hydrogens (tertiary/aromatic N) is 4. The predicted molar refractivity (Wildman–Crippen MR) is 109 cm³/mol. The number of alkyl halides is 3. The number of rotatable bonds is 6. The van der Waals surface area contributed by atoms with Crippen LogP contribution in [-0.4, -0.2) is 32.4 Å². The van der Waals surface area contributed by atoms with Crippen molar-refractivity contribution in [1.29, 1.82) is 0 Å². The van der Waals surface area contributed by atoms with Gasteiger partial charge in [-0.2, -0.15) is 13.2 Å². The molecule has 0 spiro atoms. The van der Waals surface area contributed by atoms with E-state index in [1.54, 1.807) is 47.3 Å². The van der Waals surface area contributed by atoms with Crippen molar-refractivity contribution in [2.24, 2.45) is 0 Å². The van der Waals surface area contributed by atoms with Crippen LogP contribution >= 0.6 is 0 Å². The fraction of sp³-hybridized carbons (Fsp3) is 0.150. The standard InChI is InChI=1S/C20H18F3N7/c21-20(22,23)14-3-1-2-13(10-14)16-11-18-26-8-9-30(18)19(29-16)27-7-6-25-17-5-4-15(24)12-28-17/h1-5,8-12H,6-7,24H2,(H,25,28)(H,27,29). The summed E-state index contributed by atoms with van der Waals surface area (Å²) in [5.41, 5.74) is 6.81. The predicted octanol–water partition coefficient (Wildman–Crippen LogP) is 3.92. The van der Waals surface area contributed by atoms with Crippen LogP contribution in [-0.2, 0) is 6.18 Å². The van der Waals surface area contributed by atoms with Crippen LogP contribution in [0, 0.1) is 0 Å². The van der Waals surface area contributed by atoms with Gasteiger partial charge in [-0.1, -0.05) is 12.1 Å². The Morgan fingerprint density at radius 2 is 1.83 bits per heavy atom. The van der Waals surface area contributed by atoms with Gasteiger partial charge in [-0.05, 0) is 24.3 Å². The van der Waals surface area contributed by atoms with Crippen molar-refractivity contribution < 1.29 is 13.2 Å². The van der Waals surface area contributed by atoms with Crippen LogP contribution in [0.25, 0.3) is 16.9 Å². The molecule has 0 radical (unpaired) electrons. The number of fused-ring (bicyclic) bond motifs is 1. The summed E-state index contributed by atoms with van der Waals surface area (Å²) in [4.78, 5) is 12.9. The van der Waals surface area contributed by atoms with E-state index in [-0.39, 0.29) is 0 Å². The Balaban J connectivity index is 1.54. The van der Waals surface area contributed by atoms with Crippen LogP contribution in [0.3, 0.4) is 0 Å². The van der Waals surface area contributed by atoms with Crippen LogP contribution in [0.15, 0.2) is 61.1 Å². The van der Waals surface area contributed by atoms with Crippen molar-refractivity contribution in [3.8, 4) is 11.3 Å². The summed E-state index contributed by atoms with van der Waals surface area (Å²) in [5, 5.41) is 6.33. The molecule has 3 aromatic heterocycles. The molecule has 4 N–H and O–H groups in total. The Morgan fingerprint density at radius 1 is 1.00 bits per heavy atom. The maximum atomic E-state index is 13.1. The molecule has 0 unspecified atom stereocenters. The molecule has 7 nitrogen and oxygen atoms in total. The van der Waals surface area contributed by atoms with Gasteiger partial charge in [0.1, 0.15) is 11.5 Å². The monoisotopic (exact) mass is 413 g/mol. The minimum Gasteiger partial charge on any atom is -0.397 e.